The summed E-state index contributed by atoms with van der Waals surface area (Å²) < 4.78 is 6.34. The van der Waals surface area contributed by atoms with E-state index in [1.807, 2.05) is 54.6 Å². The molecule has 0 aromatic heterocycles. The highest BCUT2D eigenvalue weighted by Gasteiger charge is 2.30. The van der Waals surface area contributed by atoms with Crippen molar-refractivity contribution in [2.75, 3.05) is 18.4 Å². The number of nitriles is 1. The van der Waals surface area contributed by atoms with Gasteiger partial charge in [-0.3, -0.25) is 4.79 Å². The summed E-state index contributed by atoms with van der Waals surface area (Å²) in [5.74, 6) is -0.770. The Labute approximate surface area is 193 Å². The Morgan fingerprint density at radius 2 is 1.91 bits per heavy atom. The van der Waals surface area contributed by atoms with Crippen LogP contribution in [0, 0.1) is 11.3 Å². The molecule has 0 unspecified atom stereocenters. The molecule has 0 amide bonds. The Bertz CT molecular complexity index is 1160. The van der Waals surface area contributed by atoms with Crippen LogP contribution in [0.3, 0.4) is 0 Å². The molecule has 0 saturated heterocycles. The van der Waals surface area contributed by atoms with E-state index in [1.54, 1.807) is 13.0 Å². The van der Waals surface area contributed by atoms with Gasteiger partial charge in [0.2, 0.25) is 0 Å². The van der Waals surface area contributed by atoms with Gasteiger partial charge in [-0.1, -0.05) is 60.7 Å². The molecule has 3 atom stereocenters. The molecule has 1 aliphatic heterocycles. The average Bonchev–Trinajstić information content (AvgIpc) is 2.86. The zero-order valence-electron chi connectivity index (χ0n) is 18.5. The highest BCUT2D eigenvalue weighted by Crippen LogP contribution is 2.35. The molecule has 4 rings (SSSR count). The van der Waals surface area contributed by atoms with Crippen molar-refractivity contribution in [2.24, 2.45) is 0 Å². The van der Waals surface area contributed by atoms with Gasteiger partial charge in [0.15, 0.2) is 5.75 Å². The van der Waals surface area contributed by atoms with E-state index in [2.05, 4.69) is 28.8 Å². The molecule has 0 fully saturated rings. The second-order valence-electron chi connectivity index (χ2n) is 8.23. The summed E-state index contributed by atoms with van der Waals surface area (Å²) in [5.41, 5.74) is 4.34. The lowest BCUT2D eigenvalue weighted by molar-refractivity contribution is -0.138. The quantitative estimate of drug-likeness (QED) is 0.477. The minimum absolute atomic E-state index is 0.0836. The number of nitrogens with one attached hydrogen (secondary N) is 2. The summed E-state index contributed by atoms with van der Waals surface area (Å²) >= 11 is 0. The third-order valence-electron chi connectivity index (χ3n) is 6.03. The first kappa shape index (κ1) is 22.4. The largest absolute Gasteiger partial charge is 0.483 e. The standard InChI is InChI=1S/C27H27N3O3/c1-18(27(31)32)21-10-5-7-19(15-21)13-14-29-25(20-8-3-2-4-9-20)24-17-30-23-12-6-11-22(16-28)26(23)33-24/h2-12,15,18,24-25,29-30H,13-14,17H2,1H3,(H,31,32)/t18-,24+,25+/m0/s1. The number of para-hydroxylation sites is 1. The third-order valence-corrected chi connectivity index (χ3v) is 6.03. The van der Waals surface area contributed by atoms with Gasteiger partial charge in [-0.15, -0.1) is 0 Å². The molecule has 0 spiro atoms. The van der Waals surface area contributed by atoms with Crippen LogP contribution in [0.1, 0.15) is 41.1 Å². The van der Waals surface area contributed by atoms with E-state index in [-0.39, 0.29) is 12.1 Å². The van der Waals surface area contributed by atoms with Crippen LogP contribution in [0.5, 0.6) is 5.75 Å². The first-order valence-corrected chi connectivity index (χ1v) is 11.1. The molecular weight excluding hydrogens is 414 g/mol. The van der Waals surface area contributed by atoms with Crippen LogP contribution in [0.4, 0.5) is 5.69 Å². The van der Waals surface area contributed by atoms with Crippen LogP contribution in [0.25, 0.3) is 0 Å². The number of anilines is 1. The third kappa shape index (κ3) is 5.16. The van der Waals surface area contributed by atoms with Crippen molar-refractivity contribution in [1.82, 2.24) is 5.32 Å². The van der Waals surface area contributed by atoms with Gasteiger partial charge in [0.25, 0.3) is 0 Å². The van der Waals surface area contributed by atoms with Crippen LogP contribution in [0.2, 0.25) is 0 Å². The lowest BCUT2D eigenvalue weighted by atomic mass is 9.97. The van der Waals surface area contributed by atoms with Gasteiger partial charge in [-0.25, -0.2) is 0 Å². The minimum atomic E-state index is -0.826. The number of carboxylic acids is 1. The summed E-state index contributed by atoms with van der Waals surface area (Å²) in [6, 6.07) is 25.5. The second kappa shape index (κ2) is 10.2. The van der Waals surface area contributed by atoms with Crippen LogP contribution in [0.15, 0.2) is 72.8 Å². The first-order chi connectivity index (χ1) is 16.1. The molecule has 33 heavy (non-hydrogen) atoms. The van der Waals surface area contributed by atoms with Crippen LogP contribution < -0.4 is 15.4 Å². The molecule has 1 heterocycles. The SMILES string of the molecule is C[C@H](C(=O)O)c1cccc(CCN[C@H](c2ccccc2)[C@H]2CNc3cccc(C#N)c3O2)c1. The number of rotatable bonds is 8. The molecule has 3 aromatic carbocycles. The molecule has 0 saturated carbocycles. The van der Waals surface area contributed by atoms with E-state index in [1.165, 1.54) is 0 Å². The zero-order valence-corrected chi connectivity index (χ0v) is 18.5. The lowest BCUT2D eigenvalue weighted by Crippen LogP contribution is -2.43. The Morgan fingerprint density at radius 1 is 1.15 bits per heavy atom. The molecule has 0 aliphatic carbocycles. The van der Waals surface area contributed by atoms with Gasteiger partial charge in [0.05, 0.1) is 29.8 Å². The lowest BCUT2D eigenvalue weighted by Gasteiger charge is -2.34. The second-order valence-corrected chi connectivity index (χ2v) is 8.23. The van der Waals surface area contributed by atoms with Gasteiger partial charge in [-0.05, 0) is 48.7 Å². The van der Waals surface area contributed by atoms with E-state index in [0.717, 1.165) is 28.8 Å². The van der Waals surface area contributed by atoms with Crippen molar-refractivity contribution in [3.8, 4) is 11.8 Å². The number of benzene rings is 3. The molecule has 0 bridgehead atoms. The summed E-state index contributed by atoms with van der Waals surface area (Å²) in [5, 5.41) is 25.8. The van der Waals surface area contributed by atoms with Crippen molar-refractivity contribution in [3.63, 3.8) is 0 Å². The van der Waals surface area contributed by atoms with E-state index in [9.17, 15) is 15.2 Å². The highest BCUT2D eigenvalue weighted by atomic mass is 16.5. The fourth-order valence-electron chi connectivity index (χ4n) is 4.14. The maximum Gasteiger partial charge on any atom is 0.310 e. The molecule has 168 valence electrons. The monoisotopic (exact) mass is 441 g/mol. The van der Waals surface area contributed by atoms with Gasteiger partial charge in [0, 0.05) is 0 Å². The number of hydrogen-bond acceptors (Lipinski definition) is 5. The van der Waals surface area contributed by atoms with E-state index in [4.69, 9.17) is 4.74 Å². The number of carboxylic acid groups (broad SMARTS) is 1. The van der Waals surface area contributed by atoms with E-state index < -0.39 is 11.9 Å². The summed E-state index contributed by atoms with van der Waals surface area (Å²) in [7, 11) is 0. The molecular formula is C27H27N3O3. The molecule has 1 aliphatic rings. The number of fused-ring (bicyclic) bond motifs is 1. The van der Waals surface area contributed by atoms with Crippen molar-refractivity contribution in [2.45, 2.75) is 31.4 Å². The Hall–Kier alpha value is -3.82. The number of carbonyl (C=O) groups is 1. The molecule has 6 heteroatoms. The maximum absolute atomic E-state index is 11.3. The smallest absolute Gasteiger partial charge is 0.310 e. The highest BCUT2D eigenvalue weighted by molar-refractivity contribution is 5.75. The number of ether oxygens (including phenoxy) is 1. The van der Waals surface area contributed by atoms with Crippen molar-refractivity contribution >= 4 is 11.7 Å². The molecule has 0 radical (unpaired) electrons. The number of hydrogen-bond donors (Lipinski definition) is 3. The topological polar surface area (TPSA) is 94.4 Å². The summed E-state index contributed by atoms with van der Waals surface area (Å²) in [4.78, 5) is 11.3. The Kier molecular flexibility index (Phi) is 6.92. The Balaban J connectivity index is 1.50. The Morgan fingerprint density at radius 3 is 2.67 bits per heavy atom. The number of nitrogens with zero attached hydrogens (tertiary/aromatic N) is 1. The van der Waals surface area contributed by atoms with Gasteiger partial charge < -0.3 is 20.5 Å². The maximum atomic E-state index is 11.3. The van der Waals surface area contributed by atoms with Crippen LogP contribution in [-0.2, 0) is 11.2 Å². The molecule has 3 N–H and O–H groups in total. The predicted molar refractivity (Wildman–Crippen MR) is 127 cm³/mol. The van der Waals surface area contributed by atoms with Crippen molar-refractivity contribution in [3.05, 3.63) is 95.1 Å². The fourth-order valence-corrected chi connectivity index (χ4v) is 4.14. The normalized spacial score (nSPS) is 16.4. The van der Waals surface area contributed by atoms with Gasteiger partial charge >= 0.3 is 5.97 Å². The average molecular weight is 442 g/mol. The van der Waals surface area contributed by atoms with E-state index in [0.29, 0.717) is 24.4 Å². The first-order valence-electron chi connectivity index (χ1n) is 11.1. The van der Waals surface area contributed by atoms with Gasteiger partial charge in [-0.2, -0.15) is 5.26 Å². The van der Waals surface area contributed by atoms with Crippen molar-refractivity contribution in [1.29, 1.82) is 5.26 Å². The fraction of sp³-hybridized carbons (Fsp3) is 0.259. The molecule has 3 aromatic rings. The number of aliphatic carboxylic acids is 1. The summed E-state index contributed by atoms with van der Waals surface area (Å²) in [6.07, 6.45) is 0.553. The predicted octanol–water partition coefficient (Wildman–Crippen LogP) is 4.49. The van der Waals surface area contributed by atoms with E-state index >= 15 is 0 Å². The van der Waals surface area contributed by atoms with Crippen LogP contribution >= 0.6 is 0 Å². The summed E-state index contributed by atoms with van der Waals surface area (Å²) in [6.45, 7) is 3.00. The molecule has 6 nitrogen and oxygen atoms in total. The van der Waals surface area contributed by atoms with Crippen LogP contribution in [-0.4, -0.2) is 30.3 Å². The van der Waals surface area contributed by atoms with Gasteiger partial charge in [0.1, 0.15) is 12.2 Å². The van der Waals surface area contributed by atoms with Crippen molar-refractivity contribution < 1.29 is 14.6 Å². The zero-order chi connectivity index (χ0) is 23.2. The minimum Gasteiger partial charge on any atom is -0.483 e.